The summed E-state index contributed by atoms with van der Waals surface area (Å²) in [7, 11) is -6.12. The van der Waals surface area contributed by atoms with Crippen LogP contribution in [0.5, 0.6) is 0 Å². The van der Waals surface area contributed by atoms with Crippen LogP contribution in [0.1, 0.15) is 0 Å². The van der Waals surface area contributed by atoms with Crippen molar-refractivity contribution in [2.24, 2.45) is 12.2 Å². The number of sulfonamides is 1. The predicted octanol–water partition coefficient (Wildman–Crippen LogP) is -1.91. The fourth-order valence-corrected chi connectivity index (χ4v) is 5.01. The molecule has 13 heteroatoms. The van der Waals surface area contributed by atoms with Crippen LogP contribution < -0.4 is 5.14 Å². The normalized spacial score (nSPS) is 19.4. The molecular formula is C7H13BrN6O4S2. The first-order valence-corrected chi connectivity index (χ1v) is 9.21. The van der Waals surface area contributed by atoms with Gasteiger partial charge in [0.1, 0.15) is 0 Å². The van der Waals surface area contributed by atoms with Gasteiger partial charge in [-0.2, -0.15) is 17.0 Å². The third-order valence-electron chi connectivity index (χ3n) is 2.88. The molecule has 1 aromatic heterocycles. The molecule has 0 saturated carbocycles. The molecule has 1 aliphatic rings. The van der Waals surface area contributed by atoms with E-state index in [-0.39, 0.29) is 35.8 Å². The highest BCUT2D eigenvalue weighted by atomic mass is 79.9. The Bertz CT molecular complexity index is 686. The number of nitrogens with two attached hydrogens (primary N) is 1. The highest BCUT2D eigenvalue weighted by Gasteiger charge is 2.35. The molecule has 1 fully saturated rings. The number of halogens is 1. The van der Waals surface area contributed by atoms with E-state index in [4.69, 9.17) is 5.14 Å². The van der Waals surface area contributed by atoms with Crippen LogP contribution in [-0.2, 0) is 27.3 Å². The predicted molar refractivity (Wildman–Crippen MR) is 72.1 cm³/mol. The molecule has 2 heterocycles. The van der Waals surface area contributed by atoms with Crippen molar-refractivity contribution in [1.82, 2.24) is 23.6 Å². The van der Waals surface area contributed by atoms with Gasteiger partial charge in [-0.05, 0) is 15.9 Å². The number of hydrogen-bond acceptors (Lipinski definition) is 6. The second-order valence-electron chi connectivity index (χ2n) is 4.16. The third-order valence-corrected chi connectivity index (χ3v) is 6.75. The summed E-state index contributed by atoms with van der Waals surface area (Å²) < 4.78 is 50.7. The zero-order valence-corrected chi connectivity index (χ0v) is 13.7. The molecule has 0 aliphatic carbocycles. The minimum atomic E-state index is -3.79. The van der Waals surface area contributed by atoms with Gasteiger partial charge in [0.05, 0.1) is 0 Å². The van der Waals surface area contributed by atoms with E-state index in [0.717, 1.165) is 8.99 Å². The van der Waals surface area contributed by atoms with Gasteiger partial charge in [0.2, 0.25) is 5.03 Å². The molecule has 0 unspecified atom stereocenters. The summed E-state index contributed by atoms with van der Waals surface area (Å²) in [5, 5.41) is 12.2. The van der Waals surface area contributed by atoms with Gasteiger partial charge in [-0.3, -0.25) is 0 Å². The van der Waals surface area contributed by atoms with Crippen molar-refractivity contribution < 1.29 is 16.8 Å². The number of rotatable bonds is 3. The maximum absolute atomic E-state index is 12.4. The van der Waals surface area contributed by atoms with Crippen molar-refractivity contribution in [2.75, 3.05) is 26.2 Å². The second-order valence-corrected chi connectivity index (χ2v) is 8.31. The molecule has 2 rings (SSSR count). The Morgan fingerprint density at radius 3 is 2.00 bits per heavy atom. The molecule has 0 bridgehead atoms. The fraction of sp³-hybridized carbons (Fsp3) is 0.714. The van der Waals surface area contributed by atoms with E-state index < -0.39 is 20.2 Å². The maximum atomic E-state index is 12.4. The molecule has 20 heavy (non-hydrogen) atoms. The van der Waals surface area contributed by atoms with Gasteiger partial charge in [-0.15, -0.1) is 5.10 Å². The quantitative estimate of drug-likeness (QED) is 0.642. The van der Waals surface area contributed by atoms with E-state index in [1.54, 1.807) is 0 Å². The Balaban J connectivity index is 2.22. The summed E-state index contributed by atoms with van der Waals surface area (Å²) in [5.74, 6) is 0. The molecule has 0 atom stereocenters. The van der Waals surface area contributed by atoms with Crippen molar-refractivity contribution in [3.8, 4) is 0 Å². The van der Waals surface area contributed by atoms with E-state index in [0.29, 0.717) is 0 Å². The topological polar surface area (TPSA) is 131 Å². The van der Waals surface area contributed by atoms with Crippen LogP contribution in [0.25, 0.3) is 0 Å². The van der Waals surface area contributed by atoms with Crippen molar-refractivity contribution in [1.29, 1.82) is 0 Å². The first-order valence-electron chi connectivity index (χ1n) is 5.47. The Kier molecular flexibility index (Phi) is 4.19. The summed E-state index contributed by atoms with van der Waals surface area (Å²) in [6.45, 7) is 0.0781. The summed E-state index contributed by atoms with van der Waals surface area (Å²) in [5.41, 5.74) is 0. The smallest absolute Gasteiger partial charge is 0.235 e. The van der Waals surface area contributed by atoms with Gasteiger partial charge in [0.25, 0.3) is 20.2 Å². The van der Waals surface area contributed by atoms with Gasteiger partial charge in [-0.1, -0.05) is 5.21 Å². The van der Waals surface area contributed by atoms with Crippen molar-refractivity contribution in [3.63, 3.8) is 0 Å². The van der Waals surface area contributed by atoms with Gasteiger partial charge in [-0.25, -0.2) is 18.2 Å². The molecule has 1 aromatic rings. The third kappa shape index (κ3) is 2.87. The summed E-state index contributed by atoms with van der Waals surface area (Å²) in [6, 6.07) is 0. The lowest BCUT2D eigenvalue weighted by molar-refractivity contribution is 0.271. The zero-order valence-electron chi connectivity index (χ0n) is 10.5. The van der Waals surface area contributed by atoms with Gasteiger partial charge >= 0.3 is 0 Å². The van der Waals surface area contributed by atoms with Crippen molar-refractivity contribution in [2.45, 2.75) is 5.03 Å². The van der Waals surface area contributed by atoms with E-state index in [2.05, 4.69) is 26.2 Å². The van der Waals surface area contributed by atoms with Gasteiger partial charge in [0, 0.05) is 33.2 Å². The highest BCUT2D eigenvalue weighted by Crippen LogP contribution is 2.23. The molecular weight excluding hydrogens is 376 g/mol. The number of aryl methyl sites for hydroxylation is 1. The van der Waals surface area contributed by atoms with Crippen LogP contribution in [0.2, 0.25) is 0 Å². The lowest BCUT2D eigenvalue weighted by atomic mass is 10.4. The Labute approximate surface area is 124 Å². The number of piperazine rings is 1. The minimum absolute atomic E-state index is 0.0148. The fourth-order valence-electron chi connectivity index (χ4n) is 1.88. The average Bonchev–Trinajstić information content (AvgIpc) is 2.68. The van der Waals surface area contributed by atoms with E-state index in [1.165, 1.54) is 11.4 Å². The lowest BCUT2D eigenvalue weighted by Crippen LogP contribution is -2.52. The first-order chi connectivity index (χ1) is 9.14. The first kappa shape index (κ1) is 15.8. The number of hydrogen-bond donors (Lipinski definition) is 1. The molecule has 10 nitrogen and oxygen atoms in total. The van der Waals surface area contributed by atoms with E-state index >= 15 is 0 Å². The summed E-state index contributed by atoms with van der Waals surface area (Å²) >= 11 is 3.04. The second kappa shape index (κ2) is 5.31. The SMILES string of the molecule is Cn1nnc(Br)c1S(=O)(=O)N1CCN(S(N)(=O)=O)CC1. The lowest BCUT2D eigenvalue weighted by Gasteiger charge is -2.31. The molecule has 2 N–H and O–H groups in total. The van der Waals surface area contributed by atoms with Crippen LogP contribution in [-0.4, -0.2) is 66.6 Å². The zero-order chi connectivity index (χ0) is 15.1. The van der Waals surface area contributed by atoms with Crippen molar-refractivity contribution >= 4 is 36.2 Å². The number of aromatic nitrogens is 3. The Morgan fingerprint density at radius 1 is 1.10 bits per heavy atom. The van der Waals surface area contributed by atoms with Crippen LogP contribution in [0, 0.1) is 0 Å². The monoisotopic (exact) mass is 388 g/mol. The average molecular weight is 389 g/mol. The van der Waals surface area contributed by atoms with E-state index in [9.17, 15) is 16.8 Å². The van der Waals surface area contributed by atoms with Crippen molar-refractivity contribution in [3.05, 3.63) is 4.60 Å². The molecule has 0 aromatic carbocycles. The maximum Gasteiger partial charge on any atom is 0.276 e. The van der Waals surface area contributed by atoms with Gasteiger partial charge < -0.3 is 0 Å². The van der Waals surface area contributed by atoms with Gasteiger partial charge in [0.15, 0.2) is 4.60 Å². The van der Waals surface area contributed by atoms with Crippen LogP contribution in [0.4, 0.5) is 0 Å². The Hall–Kier alpha value is -0.600. The Morgan fingerprint density at radius 2 is 1.60 bits per heavy atom. The largest absolute Gasteiger partial charge is 0.276 e. The molecule has 1 saturated heterocycles. The van der Waals surface area contributed by atoms with Crippen LogP contribution >= 0.6 is 15.9 Å². The molecule has 0 amide bonds. The molecule has 114 valence electrons. The van der Waals surface area contributed by atoms with Crippen LogP contribution in [0.3, 0.4) is 0 Å². The minimum Gasteiger partial charge on any atom is -0.235 e. The molecule has 1 aliphatic heterocycles. The molecule has 0 spiro atoms. The highest BCUT2D eigenvalue weighted by molar-refractivity contribution is 9.10. The molecule has 0 radical (unpaired) electrons. The standard InChI is InChI=1S/C7H13BrN6O4S2/c1-12-7(6(8)10-11-12)19(15,16)13-2-4-14(5-3-13)20(9,17)18/h2-5H2,1H3,(H2,9,17,18). The van der Waals surface area contributed by atoms with Crippen LogP contribution in [0.15, 0.2) is 9.63 Å². The summed E-state index contributed by atoms with van der Waals surface area (Å²) in [4.78, 5) is 0. The number of nitrogens with zero attached hydrogens (tertiary/aromatic N) is 5. The summed E-state index contributed by atoms with van der Waals surface area (Å²) in [6.07, 6.45) is 0. The van der Waals surface area contributed by atoms with E-state index in [1.807, 2.05) is 0 Å².